The van der Waals surface area contributed by atoms with Gasteiger partial charge in [0.1, 0.15) is 0 Å². The molecule has 52 heavy (non-hydrogen) atoms. The van der Waals surface area contributed by atoms with E-state index in [2.05, 4.69) is 168 Å². The Balaban J connectivity index is 1.30. The monoisotopic (exact) mass is 674 g/mol. The van der Waals surface area contributed by atoms with Gasteiger partial charge in [-0.15, -0.1) is 0 Å². The third-order valence-corrected chi connectivity index (χ3v) is 11.2. The Morgan fingerprint density at radius 2 is 0.846 bits per heavy atom. The van der Waals surface area contributed by atoms with E-state index in [-0.39, 0.29) is 0 Å². The molecule has 0 N–H and O–H groups in total. The van der Waals surface area contributed by atoms with E-state index >= 15 is 0 Å². The Bertz CT molecular complexity index is 2300. The van der Waals surface area contributed by atoms with Crippen LogP contribution in [0.5, 0.6) is 0 Å². The van der Waals surface area contributed by atoms with Gasteiger partial charge in [-0.05, 0) is 141 Å². The summed E-state index contributed by atoms with van der Waals surface area (Å²) in [4.78, 5) is 5.20. The summed E-state index contributed by atoms with van der Waals surface area (Å²) < 4.78 is 0. The lowest BCUT2D eigenvalue weighted by Gasteiger charge is -2.30. The van der Waals surface area contributed by atoms with Gasteiger partial charge in [0.25, 0.3) is 0 Å². The molecule has 0 unspecified atom stereocenters. The molecular formula is C50H46N2. The molecule has 0 aromatic heterocycles. The lowest BCUT2D eigenvalue weighted by Crippen LogP contribution is -2.29. The van der Waals surface area contributed by atoms with E-state index < -0.39 is 0 Å². The van der Waals surface area contributed by atoms with E-state index in [1.54, 1.807) is 0 Å². The first-order chi connectivity index (χ1) is 25.8. The summed E-state index contributed by atoms with van der Waals surface area (Å²) in [6, 6.07) is 56.5. The van der Waals surface area contributed by atoms with Crippen molar-refractivity contribution in [2.75, 3.05) is 36.0 Å². The predicted octanol–water partition coefficient (Wildman–Crippen LogP) is 12.9. The number of anilines is 2. The Morgan fingerprint density at radius 3 is 1.37 bits per heavy atom. The largest absolute Gasteiger partial charge is 0.372 e. The minimum absolute atomic E-state index is 1.13. The van der Waals surface area contributed by atoms with Gasteiger partial charge in [0, 0.05) is 37.6 Å². The predicted molar refractivity (Wildman–Crippen MR) is 224 cm³/mol. The zero-order valence-electron chi connectivity index (χ0n) is 30.0. The molecule has 0 aliphatic carbocycles. The van der Waals surface area contributed by atoms with Crippen LogP contribution in [0.15, 0.2) is 152 Å². The maximum Gasteiger partial charge on any atom is 0.0372 e. The molecule has 2 heterocycles. The molecular weight excluding hydrogens is 629 g/mol. The van der Waals surface area contributed by atoms with Gasteiger partial charge in [0.05, 0.1) is 0 Å². The fourth-order valence-corrected chi connectivity index (χ4v) is 8.65. The number of hydrogen-bond donors (Lipinski definition) is 0. The normalized spacial score (nSPS) is 14.8. The van der Waals surface area contributed by atoms with Gasteiger partial charge in [-0.3, -0.25) is 0 Å². The highest BCUT2D eigenvalue weighted by atomic mass is 15.1. The first-order valence-electron chi connectivity index (χ1n) is 19.3. The van der Waals surface area contributed by atoms with Crippen molar-refractivity contribution in [3.05, 3.63) is 168 Å². The standard InChI is InChI=1S/C50H46N2/c1-6-18-38(19-7-1)46(39-20-8-2-9-21-39)34-37-17-16-24-41(33-37)50-45-28-26-42(51-29-12-4-13-30-51)35-47(45)49(40-22-10-3-11-23-40)44-27-25-43(36-48(44)50)52-31-14-5-15-32-52/h1-3,6-11,16-28,33-36H,4-5,12-15,29-32H2. The van der Waals surface area contributed by atoms with Crippen molar-refractivity contribution in [1.82, 2.24) is 0 Å². The summed E-state index contributed by atoms with van der Waals surface area (Å²) in [7, 11) is 0. The van der Waals surface area contributed by atoms with Crippen LogP contribution in [0, 0.1) is 0 Å². The molecule has 0 atom stereocenters. The van der Waals surface area contributed by atoms with Crippen LogP contribution >= 0.6 is 0 Å². The third kappa shape index (κ3) is 6.39. The van der Waals surface area contributed by atoms with Crippen molar-refractivity contribution < 1.29 is 0 Å². The molecule has 2 fully saturated rings. The summed E-state index contributed by atoms with van der Waals surface area (Å²) in [6.07, 6.45) is 10.1. The SMILES string of the molecule is C(=C(c1ccccc1)c1ccccc1)c1cccc(-c2c3ccc(N4CCCCC4)cc3c(-c3ccccc3)c3ccc(N4CCCCC4)cc23)c1. The van der Waals surface area contributed by atoms with Crippen LogP contribution in [0.3, 0.4) is 0 Å². The van der Waals surface area contributed by atoms with Crippen molar-refractivity contribution >= 4 is 44.6 Å². The molecule has 2 heteroatoms. The number of nitrogens with zero attached hydrogens (tertiary/aromatic N) is 2. The maximum absolute atomic E-state index is 2.60. The maximum atomic E-state index is 2.60. The van der Waals surface area contributed by atoms with Gasteiger partial charge in [0.15, 0.2) is 0 Å². The smallest absolute Gasteiger partial charge is 0.0372 e. The molecule has 7 aromatic rings. The molecule has 0 spiro atoms. The zero-order chi connectivity index (χ0) is 34.7. The van der Waals surface area contributed by atoms with Gasteiger partial charge in [-0.25, -0.2) is 0 Å². The highest BCUT2D eigenvalue weighted by Gasteiger charge is 2.21. The van der Waals surface area contributed by atoms with E-state index in [4.69, 9.17) is 0 Å². The molecule has 0 saturated carbocycles. The number of hydrogen-bond acceptors (Lipinski definition) is 2. The average molecular weight is 675 g/mol. The van der Waals surface area contributed by atoms with Gasteiger partial charge < -0.3 is 9.80 Å². The fraction of sp³-hybridized carbons (Fsp3) is 0.200. The first-order valence-corrected chi connectivity index (χ1v) is 19.3. The fourth-order valence-electron chi connectivity index (χ4n) is 8.65. The summed E-state index contributed by atoms with van der Waals surface area (Å²) in [5.41, 5.74) is 12.7. The molecule has 9 rings (SSSR count). The molecule has 2 aliphatic rings. The highest BCUT2D eigenvalue weighted by Crippen LogP contribution is 2.46. The molecule has 0 radical (unpaired) electrons. The Morgan fingerprint density at radius 1 is 0.385 bits per heavy atom. The van der Waals surface area contributed by atoms with Crippen molar-refractivity contribution in [3.8, 4) is 22.3 Å². The summed E-state index contributed by atoms with van der Waals surface area (Å²) in [6.45, 7) is 4.51. The molecule has 7 aromatic carbocycles. The second-order valence-corrected chi connectivity index (χ2v) is 14.6. The Labute approximate surface area is 308 Å². The molecule has 2 aliphatic heterocycles. The summed E-state index contributed by atoms with van der Waals surface area (Å²) in [5, 5.41) is 5.29. The summed E-state index contributed by atoms with van der Waals surface area (Å²) >= 11 is 0. The summed E-state index contributed by atoms with van der Waals surface area (Å²) in [5.74, 6) is 0. The molecule has 2 saturated heterocycles. The van der Waals surface area contributed by atoms with Crippen molar-refractivity contribution in [2.45, 2.75) is 38.5 Å². The van der Waals surface area contributed by atoms with Gasteiger partial charge in [-0.2, -0.15) is 0 Å². The van der Waals surface area contributed by atoms with Crippen LogP contribution in [0.2, 0.25) is 0 Å². The van der Waals surface area contributed by atoms with Crippen LogP contribution in [0.4, 0.5) is 11.4 Å². The average Bonchev–Trinajstić information content (AvgIpc) is 3.23. The van der Waals surface area contributed by atoms with Crippen molar-refractivity contribution in [1.29, 1.82) is 0 Å². The van der Waals surface area contributed by atoms with Crippen molar-refractivity contribution in [2.24, 2.45) is 0 Å². The van der Waals surface area contributed by atoms with E-state index in [1.165, 1.54) is 116 Å². The topological polar surface area (TPSA) is 6.48 Å². The quantitative estimate of drug-likeness (QED) is 0.123. The molecule has 256 valence electrons. The van der Waals surface area contributed by atoms with Gasteiger partial charge in [0.2, 0.25) is 0 Å². The van der Waals surface area contributed by atoms with E-state index in [0.29, 0.717) is 0 Å². The lowest BCUT2D eigenvalue weighted by molar-refractivity contribution is 0.578. The van der Waals surface area contributed by atoms with Crippen LogP contribution in [-0.2, 0) is 0 Å². The molecule has 0 amide bonds. The van der Waals surface area contributed by atoms with E-state index in [0.717, 1.165) is 26.2 Å². The molecule has 2 nitrogen and oxygen atoms in total. The number of piperidine rings is 2. The second-order valence-electron chi connectivity index (χ2n) is 14.6. The van der Waals surface area contributed by atoms with Crippen LogP contribution < -0.4 is 9.80 Å². The zero-order valence-corrected chi connectivity index (χ0v) is 30.0. The second kappa shape index (κ2) is 14.6. The minimum atomic E-state index is 1.13. The Hall–Kier alpha value is -5.60. The third-order valence-electron chi connectivity index (χ3n) is 11.2. The van der Waals surface area contributed by atoms with Crippen molar-refractivity contribution in [3.63, 3.8) is 0 Å². The van der Waals surface area contributed by atoms with E-state index in [9.17, 15) is 0 Å². The number of fused-ring (bicyclic) bond motifs is 2. The highest BCUT2D eigenvalue weighted by molar-refractivity contribution is 6.22. The Kier molecular flexibility index (Phi) is 9.05. The first kappa shape index (κ1) is 32.3. The lowest BCUT2D eigenvalue weighted by atomic mass is 9.85. The van der Waals surface area contributed by atoms with Crippen LogP contribution in [0.1, 0.15) is 55.2 Å². The van der Waals surface area contributed by atoms with E-state index in [1.807, 2.05) is 0 Å². The van der Waals surface area contributed by atoms with Gasteiger partial charge in [-0.1, -0.05) is 121 Å². The molecule has 0 bridgehead atoms. The van der Waals surface area contributed by atoms with Gasteiger partial charge >= 0.3 is 0 Å². The van der Waals surface area contributed by atoms with Crippen LogP contribution in [0.25, 0.3) is 55.4 Å². The minimum Gasteiger partial charge on any atom is -0.372 e. The number of benzene rings is 7. The van der Waals surface area contributed by atoms with Crippen LogP contribution in [-0.4, -0.2) is 26.2 Å². The number of rotatable bonds is 7.